The summed E-state index contributed by atoms with van der Waals surface area (Å²) in [6, 6.07) is 20.1. The van der Waals surface area contributed by atoms with Gasteiger partial charge in [0.05, 0.1) is 6.61 Å². The lowest BCUT2D eigenvalue weighted by atomic mass is 10.1. The summed E-state index contributed by atoms with van der Waals surface area (Å²) in [5, 5.41) is 15.7. The third-order valence-corrected chi connectivity index (χ3v) is 5.18. The maximum Gasteiger partial charge on any atom is 0.127 e. The van der Waals surface area contributed by atoms with E-state index in [0.717, 1.165) is 67.7 Å². The van der Waals surface area contributed by atoms with Gasteiger partial charge in [-0.25, -0.2) is 0 Å². The molecule has 5 nitrogen and oxygen atoms in total. The molecule has 1 aromatic heterocycles. The minimum Gasteiger partial charge on any atom is -0.490 e. The Morgan fingerprint density at radius 1 is 0.871 bits per heavy atom. The number of pyridine rings is 1. The second-order valence-corrected chi connectivity index (χ2v) is 7.74. The average Bonchev–Trinajstić information content (AvgIpc) is 2.82. The first-order valence-electron chi connectivity index (χ1n) is 11.3. The molecule has 166 valence electrons. The van der Waals surface area contributed by atoms with Crippen LogP contribution in [0, 0.1) is 0 Å². The monoisotopic (exact) mass is 422 g/mol. The summed E-state index contributed by atoms with van der Waals surface area (Å²) in [7, 11) is 0. The molecular formula is C26H34N2O3. The van der Waals surface area contributed by atoms with E-state index < -0.39 is 6.10 Å². The average molecular weight is 423 g/mol. The van der Waals surface area contributed by atoms with Gasteiger partial charge in [0.1, 0.15) is 18.5 Å². The van der Waals surface area contributed by atoms with Crippen LogP contribution in [0.5, 0.6) is 5.75 Å². The summed E-state index contributed by atoms with van der Waals surface area (Å²) < 4.78 is 11.5. The highest BCUT2D eigenvalue weighted by molar-refractivity contribution is 5.88. The van der Waals surface area contributed by atoms with E-state index in [0.29, 0.717) is 6.54 Å². The van der Waals surface area contributed by atoms with Gasteiger partial charge in [0.25, 0.3) is 0 Å². The lowest BCUT2D eigenvalue weighted by Crippen LogP contribution is -2.32. The van der Waals surface area contributed by atoms with Gasteiger partial charge in [-0.3, -0.25) is 4.98 Å². The van der Waals surface area contributed by atoms with Crippen molar-refractivity contribution in [1.82, 2.24) is 10.3 Å². The van der Waals surface area contributed by atoms with Crippen LogP contribution in [0.15, 0.2) is 66.9 Å². The van der Waals surface area contributed by atoms with Crippen LogP contribution in [0.3, 0.4) is 0 Å². The van der Waals surface area contributed by atoms with Gasteiger partial charge >= 0.3 is 0 Å². The van der Waals surface area contributed by atoms with Gasteiger partial charge in [-0.2, -0.15) is 0 Å². The Hall–Kier alpha value is -2.47. The first-order valence-corrected chi connectivity index (χ1v) is 11.3. The van der Waals surface area contributed by atoms with Crippen molar-refractivity contribution in [3.63, 3.8) is 0 Å². The summed E-state index contributed by atoms with van der Waals surface area (Å²) >= 11 is 0. The van der Waals surface area contributed by atoms with Gasteiger partial charge in [-0.05, 0) is 43.0 Å². The number of unbranched alkanes of at least 4 members (excludes halogenated alkanes) is 3. The quantitative estimate of drug-likeness (QED) is 0.356. The number of fused-ring (bicyclic) bond motifs is 1. The molecule has 0 radical (unpaired) electrons. The van der Waals surface area contributed by atoms with E-state index >= 15 is 0 Å². The van der Waals surface area contributed by atoms with Crippen LogP contribution in [0.4, 0.5) is 0 Å². The van der Waals surface area contributed by atoms with Crippen molar-refractivity contribution < 1.29 is 14.6 Å². The Morgan fingerprint density at radius 3 is 2.61 bits per heavy atom. The number of ether oxygens (including phenoxy) is 2. The van der Waals surface area contributed by atoms with Crippen LogP contribution >= 0.6 is 0 Å². The molecular weight excluding hydrogens is 388 g/mol. The molecule has 0 aliphatic carbocycles. The lowest BCUT2D eigenvalue weighted by molar-refractivity contribution is 0.107. The van der Waals surface area contributed by atoms with Crippen LogP contribution in [0.2, 0.25) is 0 Å². The number of hydrogen-bond donors (Lipinski definition) is 2. The number of benzene rings is 2. The molecule has 0 amide bonds. The molecule has 0 saturated heterocycles. The van der Waals surface area contributed by atoms with Crippen molar-refractivity contribution >= 4 is 10.8 Å². The molecule has 2 N–H and O–H groups in total. The van der Waals surface area contributed by atoms with Gasteiger partial charge in [-0.15, -0.1) is 0 Å². The molecule has 0 aliphatic heterocycles. The summed E-state index contributed by atoms with van der Waals surface area (Å²) in [6.07, 6.45) is 6.69. The molecule has 0 bridgehead atoms. The molecule has 0 aliphatic rings. The van der Waals surface area contributed by atoms with E-state index in [1.807, 2.05) is 54.7 Å². The van der Waals surface area contributed by atoms with Crippen LogP contribution in [-0.4, -0.2) is 49.1 Å². The van der Waals surface area contributed by atoms with E-state index in [-0.39, 0.29) is 6.61 Å². The summed E-state index contributed by atoms with van der Waals surface area (Å²) in [5.74, 6) is 0.819. The lowest BCUT2D eigenvalue weighted by Gasteiger charge is -2.14. The fourth-order valence-corrected chi connectivity index (χ4v) is 3.47. The normalized spacial score (nSPS) is 12.2. The third-order valence-electron chi connectivity index (χ3n) is 5.18. The predicted octanol–water partition coefficient (Wildman–Crippen LogP) is 4.38. The Bertz CT molecular complexity index is 867. The molecule has 5 heteroatoms. The van der Waals surface area contributed by atoms with Crippen molar-refractivity contribution in [1.29, 1.82) is 0 Å². The van der Waals surface area contributed by atoms with Crippen LogP contribution in [0.1, 0.15) is 31.4 Å². The highest BCUT2D eigenvalue weighted by atomic mass is 16.5. The number of nitrogens with zero attached hydrogens (tertiary/aromatic N) is 1. The molecule has 1 atom stereocenters. The molecule has 3 aromatic rings. The Morgan fingerprint density at radius 2 is 1.71 bits per heavy atom. The molecule has 1 unspecified atom stereocenters. The number of aliphatic hydroxyl groups is 1. The smallest absolute Gasteiger partial charge is 0.127 e. The topological polar surface area (TPSA) is 63.6 Å². The van der Waals surface area contributed by atoms with Crippen LogP contribution in [0.25, 0.3) is 10.8 Å². The highest BCUT2D eigenvalue weighted by Crippen LogP contribution is 2.25. The first kappa shape index (κ1) is 23.2. The van der Waals surface area contributed by atoms with Gasteiger partial charge in [0.2, 0.25) is 0 Å². The minimum atomic E-state index is -0.522. The molecule has 0 spiro atoms. The molecule has 3 rings (SSSR count). The number of nitrogens with one attached hydrogen (secondary N) is 1. The molecule has 1 heterocycles. The summed E-state index contributed by atoms with van der Waals surface area (Å²) in [5.41, 5.74) is 1.08. The molecule has 2 aromatic carbocycles. The summed E-state index contributed by atoms with van der Waals surface area (Å²) in [6.45, 7) is 3.28. The third kappa shape index (κ3) is 8.66. The highest BCUT2D eigenvalue weighted by Gasteiger charge is 2.07. The molecule has 0 saturated carbocycles. The van der Waals surface area contributed by atoms with E-state index in [9.17, 15) is 5.11 Å². The minimum absolute atomic E-state index is 0.289. The zero-order valence-electron chi connectivity index (χ0n) is 18.2. The van der Waals surface area contributed by atoms with E-state index in [4.69, 9.17) is 9.47 Å². The second-order valence-electron chi connectivity index (χ2n) is 7.74. The Balaban J connectivity index is 1.15. The van der Waals surface area contributed by atoms with Gasteiger partial charge in [-0.1, -0.05) is 55.3 Å². The first-order chi connectivity index (χ1) is 15.3. The van der Waals surface area contributed by atoms with Crippen molar-refractivity contribution in [2.24, 2.45) is 0 Å². The number of aromatic nitrogens is 1. The Labute approximate surface area is 185 Å². The van der Waals surface area contributed by atoms with Crippen molar-refractivity contribution in [2.75, 3.05) is 32.9 Å². The predicted molar refractivity (Wildman–Crippen MR) is 126 cm³/mol. The van der Waals surface area contributed by atoms with Crippen molar-refractivity contribution in [3.05, 3.63) is 72.6 Å². The SMILES string of the molecule is OC(CNCCCCCCOCCc1ccccn1)COc1cccc2ccccc12. The number of aliphatic hydroxyl groups excluding tert-OH is 1. The van der Waals surface area contributed by atoms with E-state index in [1.165, 1.54) is 6.42 Å². The maximum atomic E-state index is 10.2. The number of rotatable bonds is 15. The number of hydrogen-bond acceptors (Lipinski definition) is 5. The zero-order chi connectivity index (χ0) is 21.6. The summed E-state index contributed by atoms with van der Waals surface area (Å²) in [4.78, 5) is 4.29. The maximum absolute atomic E-state index is 10.2. The van der Waals surface area contributed by atoms with Crippen molar-refractivity contribution in [3.8, 4) is 5.75 Å². The fraction of sp³-hybridized carbons (Fsp3) is 0.423. The van der Waals surface area contributed by atoms with Gasteiger partial charge in [0.15, 0.2) is 0 Å². The van der Waals surface area contributed by atoms with Gasteiger partial charge < -0.3 is 19.9 Å². The van der Waals surface area contributed by atoms with Crippen LogP contribution < -0.4 is 10.1 Å². The van der Waals surface area contributed by atoms with Crippen molar-refractivity contribution in [2.45, 2.75) is 38.2 Å². The van der Waals surface area contributed by atoms with Gasteiger partial charge in [0, 0.05) is 36.8 Å². The van der Waals surface area contributed by atoms with E-state index in [1.54, 1.807) is 0 Å². The zero-order valence-corrected chi connectivity index (χ0v) is 18.2. The second kappa shape index (κ2) is 13.8. The fourth-order valence-electron chi connectivity index (χ4n) is 3.47. The largest absolute Gasteiger partial charge is 0.490 e. The van der Waals surface area contributed by atoms with E-state index in [2.05, 4.69) is 22.4 Å². The molecule has 31 heavy (non-hydrogen) atoms. The van der Waals surface area contributed by atoms with Crippen LogP contribution in [-0.2, 0) is 11.2 Å². The molecule has 0 fully saturated rings. The standard InChI is InChI=1S/C26H34N2O3/c29-24(21-31-26-14-9-11-22-10-3-4-13-25(22)26)20-27-16-6-1-2-8-18-30-19-15-23-12-5-7-17-28-23/h3-5,7,9-14,17,24,27,29H,1-2,6,8,15-16,18-21H2. The Kier molecular flexibility index (Phi) is 10.3.